The Morgan fingerprint density at radius 3 is 2.79 bits per heavy atom. The average molecular weight is 264 g/mol. The molecule has 5 heteroatoms. The maximum absolute atomic E-state index is 12.4. The second-order valence-corrected chi connectivity index (χ2v) is 5.87. The molecule has 19 heavy (non-hydrogen) atoms. The number of carbonyl (C=O) groups is 1. The minimum atomic E-state index is -0.352. The fourth-order valence-corrected chi connectivity index (χ4v) is 2.77. The number of nitrogens with two attached hydrogens (primary N) is 1. The van der Waals surface area contributed by atoms with E-state index in [0.29, 0.717) is 19.0 Å². The van der Waals surface area contributed by atoms with Crippen molar-refractivity contribution in [3.05, 3.63) is 18.0 Å². The van der Waals surface area contributed by atoms with E-state index in [0.717, 1.165) is 31.2 Å². The van der Waals surface area contributed by atoms with Gasteiger partial charge >= 0.3 is 0 Å². The summed E-state index contributed by atoms with van der Waals surface area (Å²) >= 11 is 0. The number of nitrogens with one attached hydrogen (secondary N) is 1. The van der Waals surface area contributed by atoms with Gasteiger partial charge in [-0.1, -0.05) is 6.92 Å². The molecule has 1 aromatic rings. The Hall–Kier alpha value is -1.36. The van der Waals surface area contributed by atoms with Crippen LogP contribution in [0.2, 0.25) is 0 Å². The van der Waals surface area contributed by atoms with Gasteiger partial charge in [0.15, 0.2) is 0 Å². The topological polar surface area (TPSA) is 72.9 Å². The third-order valence-electron chi connectivity index (χ3n) is 4.32. The fourth-order valence-electron chi connectivity index (χ4n) is 2.77. The molecule has 1 aliphatic carbocycles. The van der Waals surface area contributed by atoms with E-state index in [9.17, 15) is 4.79 Å². The summed E-state index contributed by atoms with van der Waals surface area (Å²) in [5.74, 6) is 0.816. The monoisotopic (exact) mass is 264 g/mol. The van der Waals surface area contributed by atoms with Gasteiger partial charge in [0.25, 0.3) is 0 Å². The van der Waals surface area contributed by atoms with Crippen molar-refractivity contribution in [2.75, 3.05) is 6.54 Å². The van der Waals surface area contributed by atoms with Crippen molar-refractivity contribution in [1.82, 2.24) is 15.1 Å². The predicted octanol–water partition coefficient (Wildman–Crippen LogP) is 1.19. The number of carbonyl (C=O) groups excluding carboxylic acids is 1. The van der Waals surface area contributed by atoms with Gasteiger partial charge in [-0.05, 0) is 31.6 Å². The number of rotatable bonds is 4. The van der Waals surface area contributed by atoms with E-state index in [2.05, 4.69) is 17.3 Å². The lowest BCUT2D eigenvalue weighted by Gasteiger charge is -2.37. The third kappa shape index (κ3) is 3.15. The Bertz CT molecular complexity index is 432. The van der Waals surface area contributed by atoms with Crippen LogP contribution in [0.15, 0.2) is 12.4 Å². The van der Waals surface area contributed by atoms with E-state index in [1.54, 1.807) is 10.9 Å². The van der Waals surface area contributed by atoms with Gasteiger partial charge < -0.3 is 11.1 Å². The third-order valence-corrected chi connectivity index (χ3v) is 4.32. The molecule has 0 saturated heterocycles. The van der Waals surface area contributed by atoms with E-state index in [1.165, 1.54) is 0 Å². The molecule has 0 radical (unpaired) electrons. The zero-order valence-corrected chi connectivity index (χ0v) is 11.9. The largest absolute Gasteiger partial charge is 0.351 e. The molecule has 1 fully saturated rings. The summed E-state index contributed by atoms with van der Waals surface area (Å²) in [4.78, 5) is 12.4. The maximum Gasteiger partial charge on any atom is 0.227 e. The molecular weight excluding hydrogens is 240 g/mol. The predicted molar refractivity (Wildman–Crippen MR) is 74.2 cm³/mol. The van der Waals surface area contributed by atoms with Crippen molar-refractivity contribution in [3.8, 4) is 0 Å². The van der Waals surface area contributed by atoms with Gasteiger partial charge in [0.05, 0.1) is 11.6 Å². The molecule has 5 nitrogen and oxygen atoms in total. The van der Waals surface area contributed by atoms with Crippen LogP contribution in [0.5, 0.6) is 0 Å². The standard InChI is InChI=1S/C14H24N4O/c1-11-3-5-14(10-15,6-4-11)13(19)16-7-12-8-17-18(2)9-12/h8-9,11H,3-7,10,15H2,1-2H3,(H,16,19). The Morgan fingerprint density at radius 2 is 2.26 bits per heavy atom. The zero-order chi connectivity index (χ0) is 13.9. The highest BCUT2D eigenvalue weighted by atomic mass is 16.2. The Morgan fingerprint density at radius 1 is 1.58 bits per heavy atom. The Kier molecular flexibility index (Phi) is 4.24. The molecule has 2 rings (SSSR count). The number of aromatic nitrogens is 2. The molecule has 0 atom stereocenters. The molecule has 0 bridgehead atoms. The first-order valence-corrected chi connectivity index (χ1v) is 7.01. The van der Waals surface area contributed by atoms with Gasteiger partial charge in [0.1, 0.15) is 0 Å². The van der Waals surface area contributed by atoms with Gasteiger partial charge in [-0.3, -0.25) is 9.48 Å². The molecule has 0 spiro atoms. The van der Waals surface area contributed by atoms with Gasteiger partial charge in [-0.25, -0.2) is 0 Å². The smallest absolute Gasteiger partial charge is 0.227 e. The van der Waals surface area contributed by atoms with Crippen molar-refractivity contribution in [3.63, 3.8) is 0 Å². The highest BCUT2D eigenvalue weighted by Gasteiger charge is 2.39. The van der Waals surface area contributed by atoms with Crippen LogP contribution in [0, 0.1) is 11.3 Å². The summed E-state index contributed by atoms with van der Waals surface area (Å²) in [5, 5.41) is 7.11. The molecule has 3 N–H and O–H groups in total. The SMILES string of the molecule is CC1CCC(CN)(C(=O)NCc2cnn(C)c2)CC1. The molecular formula is C14H24N4O. The maximum atomic E-state index is 12.4. The summed E-state index contributed by atoms with van der Waals surface area (Å²) in [6, 6.07) is 0. The van der Waals surface area contributed by atoms with Crippen molar-refractivity contribution >= 4 is 5.91 Å². The summed E-state index contributed by atoms with van der Waals surface area (Å²) in [7, 11) is 1.87. The van der Waals surface area contributed by atoms with Crippen molar-refractivity contribution in [2.45, 2.75) is 39.2 Å². The first kappa shape index (κ1) is 14.1. The fraction of sp³-hybridized carbons (Fsp3) is 0.714. The van der Waals surface area contributed by atoms with Crippen LogP contribution in [0.1, 0.15) is 38.2 Å². The molecule has 0 aromatic carbocycles. The van der Waals surface area contributed by atoms with Crippen LogP contribution < -0.4 is 11.1 Å². The van der Waals surface area contributed by atoms with Crippen molar-refractivity contribution in [2.24, 2.45) is 24.1 Å². The Balaban J connectivity index is 1.93. The van der Waals surface area contributed by atoms with E-state index in [-0.39, 0.29) is 11.3 Å². The molecule has 106 valence electrons. The molecule has 1 amide bonds. The minimum absolute atomic E-state index is 0.103. The second kappa shape index (κ2) is 5.74. The minimum Gasteiger partial charge on any atom is -0.351 e. The average Bonchev–Trinajstić information content (AvgIpc) is 2.83. The molecule has 1 heterocycles. The van der Waals surface area contributed by atoms with Crippen LogP contribution in [-0.2, 0) is 18.4 Å². The van der Waals surface area contributed by atoms with Crippen LogP contribution in [0.25, 0.3) is 0 Å². The normalized spacial score (nSPS) is 27.2. The Labute approximate surface area is 114 Å². The summed E-state index contributed by atoms with van der Waals surface area (Å²) < 4.78 is 1.74. The number of amides is 1. The highest BCUT2D eigenvalue weighted by molar-refractivity contribution is 5.83. The molecule has 0 unspecified atom stereocenters. The summed E-state index contributed by atoms with van der Waals surface area (Å²) in [6.45, 7) is 3.22. The zero-order valence-electron chi connectivity index (χ0n) is 11.9. The first-order valence-electron chi connectivity index (χ1n) is 7.01. The molecule has 1 aromatic heterocycles. The lowest BCUT2D eigenvalue weighted by Crippen LogP contribution is -2.47. The van der Waals surface area contributed by atoms with Gasteiger partial charge in [-0.15, -0.1) is 0 Å². The van der Waals surface area contributed by atoms with Crippen LogP contribution in [0.4, 0.5) is 0 Å². The molecule has 0 aliphatic heterocycles. The van der Waals surface area contributed by atoms with Crippen molar-refractivity contribution < 1.29 is 4.79 Å². The number of aryl methyl sites for hydroxylation is 1. The summed E-state index contributed by atoms with van der Waals surface area (Å²) in [5.41, 5.74) is 6.55. The summed E-state index contributed by atoms with van der Waals surface area (Å²) in [6.07, 6.45) is 7.69. The highest BCUT2D eigenvalue weighted by Crippen LogP contribution is 2.38. The second-order valence-electron chi connectivity index (χ2n) is 5.87. The van der Waals surface area contributed by atoms with E-state index < -0.39 is 0 Å². The quantitative estimate of drug-likeness (QED) is 0.858. The van der Waals surface area contributed by atoms with Gasteiger partial charge in [0, 0.05) is 31.9 Å². The van der Waals surface area contributed by atoms with Gasteiger partial charge in [-0.2, -0.15) is 5.10 Å². The van der Waals surface area contributed by atoms with Crippen LogP contribution in [-0.4, -0.2) is 22.2 Å². The van der Waals surface area contributed by atoms with Crippen LogP contribution >= 0.6 is 0 Å². The molecule has 1 saturated carbocycles. The lowest BCUT2D eigenvalue weighted by molar-refractivity contribution is -0.133. The van der Waals surface area contributed by atoms with Crippen LogP contribution in [0.3, 0.4) is 0 Å². The molecule has 1 aliphatic rings. The van der Waals surface area contributed by atoms with E-state index >= 15 is 0 Å². The van der Waals surface area contributed by atoms with E-state index in [1.807, 2.05) is 13.2 Å². The number of nitrogens with zero attached hydrogens (tertiary/aromatic N) is 2. The number of hydrogen-bond acceptors (Lipinski definition) is 3. The number of hydrogen-bond donors (Lipinski definition) is 2. The first-order chi connectivity index (χ1) is 9.05. The van der Waals surface area contributed by atoms with Crippen molar-refractivity contribution in [1.29, 1.82) is 0 Å². The van der Waals surface area contributed by atoms with E-state index in [4.69, 9.17) is 5.73 Å². The lowest BCUT2D eigenvalue weighted by atomic mass is 9.70. The van der Waals surface area contributed by atoms with Gasteiger partial charge in [0.2, 0.25) is 5.91 Å².